The lowest BCUT2D eigenvalue weighted by Crippen LogP contribution is -2.41. The van der Waals surface area contributed by atoms with Gasteiger partial charge in [0.05, 0.1) is 0 Å². The molecule has 1 saturated carbocycles. The van der Waals surface area contributed by atoms with E-state index >= 15 is 0 Å². The summed E-state index contributed by atoms with van der Waals surface area (Å²) in [6.07, 6.45) is 6.49. The Hall–Kier alpha value is -0.630. The predicted octanol–water partition coefficient (Wildman–Crippen LogP) is 2.09. The van der Waals surface area contributed by atoms with E-state index in [1.807, 2.05) is 0 Å². The molecule has 12 heavy (non-hydrogen) atoms. The maximum atomic E-state index is 11.5. The van der Waals surface area contributed by atoms with Gasteiger partial charge in [0.1, 0.15) is 5.60 Å². The second-order valence-electron chi connectivity index (χ2n) is 3.33. The van der Waals surface area contributed by atoms with Crippen LogP contribution in [0.4, 0.5) is 0 Å². The van der Waals surface area contributed by atoms with Crippen LogP contribution in [-0.2, 0) is 9.53 Å². The molecule has 0 bridgehead atoms. The number of carbonyl (C=O) groups is 1. The minimum absolute atomic E-state index is 0.0460. The van der Waals surface area contributed by atoms with Gasteiger partial charge < -0.3 is 4.74 Å². The SMILES string of the molecule is C=CC(=O)C1(OC)CCCCC1. The van der Waals surface area contributed by atoms with E-state index in [0.29, 0.717) is 0 Å². The molecule has 0 aliphatic heterocycles. The Morgan fingerprint density at radius 1 is 1.42 bits per heavy atom. The third-order valence-corrected chi connectivity index (χ3v) is 2.69. The summed E-state index contributed by atoms with van der Waals surface area (Å²) in [7, 11) is 1.62. The quantitative estimate of drug-likeness (QED) is 0.603. The third kappa shape index (κ3) is 1.58. The van der Waals surface area contributed by atoms with Gasteiger partial charge in [0.25, 0.3) is 0 Å². The van der Waals surface area contributed by atoms with Crippen LogP contribution in [0.5, 0.6) is 0 Å². The molecule has 0 radical (unpaired) electrons. The summed E-state index contributed by atoms with van der Waals surface area (Å²) < 4.78 is 5.31. The van der Waals surface area contributed by atoms with Crippen molar-refractivity contribution in [3.63, 3.8) is 0 Å². The number of ether oxygens (including phenoxy) is 1. The second kappa shape index (κ2) is 3.85. The van der Waals surface area contributed by atoms with E-state index in [4.69, 9.17) is 4.74 Å². The summed E-state index contributed by atoms with van der Waals surface area (Å²) in [5.74, 6) is 0.0460. The molecule has 1 aliphatic rings. The topological polar surface area (TPSA) is 26.3 Å². The Bertz CT molecular complexity index is 178. The summed E-state index contributed by atoms with van der Waals surface area (Å²) >= 11 is 0. The number of hydrogen-bond donors (Lipinski definition) is 0. The van der Waals surface area contributed by atoms with Crippen molar-refractivity contribution >= 4 is 5.78 Å². The summed E-state index contributed by atoms with van der Waals surface area (Å²) in [6.45, 7) is 3.50. The van der Waals surface area contributed by atoms with Crippen LogP contribution in [0.25, 0.3) is 0 Å². The molecule has 0 unspecified atom stereocenters. The molecule has 0 saturated heterocycles. The molecule has 0 spiro atoms. The zero-order valence-electron chi connectivity index (χ0n) is 7.64. The molecule has 68 valence electrons. The first kappa shape index (κ1) is 9.46. The van der Waals surface area contributed by atoms with Crippen LogP contribution >= 0.6 is 0 Å². The maximum Gasteiger partial charge on any atom is 0.186 e. The Morgan fingerprint density at radius 3 is 2.42 bits per heavy atom. The highest BCUT2D eigenvalue weighted by Crippen LogP contribution is 2.31. The largest absolute Gasteiger partial charge is 0.370 e. The summed E-state index contributed by atoms with van der Waals surface area (Å²) in [4.78, 5) is 11.5. The lowest BCUT2D eigenvalue weighted by atomic mass is 9.81. The van der Waals surface area contributed by atoms with Gasteiger partial charge in [0.15, 0.2) is 5.78 Å². The molecule has 0 aromatic rings. The van der Waals surface area contributed by atoms with E-state index < -0.39 is 5.60 Å². The number of ketones is 1. The van der Waals surface area contributed by atoms with Gasteiger partial charge in [-0.1, -0.05) is 25.8 Å². The van der Waals surface area contributed by atoms with Crippen molar-refractivity contribution < 1.29 is 9.53 Å². The lowest BCUT2D eigenvalue weighted by Gasteiger charge is -2.33. The lowest BCUT2D eigenvalue weighted by molar-refractivity contribution is -0.139. The fourth-order valence-electron chi connectivity index (χ4n) is 1.86. The maximum absolute atomic E-state index is 11.5. The van der Waals surface area contributed by atoms with Gasteiger partial charge in [0, 0.05) is 7.11 Å². The normalized spacial score (nSPS) is 21.8. The molecule has 1 aliphatic carbocycles. The molecule has 1 fully saturated rings. The van der Waals surface area contributed by atoms with Crippen LogP contribution in [0.3, 0.4) is 0 Å². The molecule has 0 amide bonds. The predicted molar refractivity (Wildman–Crippen MR) is 48.0 cm³/mol. The van der Waals surface area contributed by atoms with Gasteiger partial charge in [-0.05, 0) is 18.9 Å². The summed E-state index contributed by atoms with van der Waals surface area (Å²) in [5.41, 5.74) is -0.528. The first-order valence-corrected chi connectivity index (χ1v) is 4.47. The van der Waals surface area contributed by atoms with Gasteiger partial charge in [-0.25, -0.2) is 0 Å². The van der Waals surface area contributed by atoms with Crippen LogP contribution in [0.15, 0.2) is 12.7 Å². The fraction of sp³-hybridized carbons (Fsp3) is 0.700. The van der Waals surface area contributed by atoms with Gasteiger partial charge in [-0.15, -0.1) is 0 Å². The second-order valence-corrected chi connectivity index (χ2v) is 3.33. The van der Waals surface area contributed by atoms with Crippen LogP contribution in [-0.4, -0.2) is 18.5 Å². The van der Waals surface area contributed by atoms with Crippen molar-refractivity contribution in [2.24, 2.45) is 0 Å². The Balaban J connectivity index is 2.72. The Morgan fingerprint density at radius 2 is 2.00 bits per heavy atom. The van der Waals surface area contributed by atoms with Gasteiger partial charge in [0.2, 0.25) is 0 Å². The minimum Gasteiger partial charge on any atom is -0.370 e. The molecule has 1 rings (SSSR count). The molecule has 0 atom stereocenters. The average Bonchev–Trinajstić information content (AvgIpc) is 2.17. The average molecular weight is 168 g/mol. The summed E-state index contributed by atoms with van der Waals surface area (Å²) in [6, 6.07) is 0. The van der Waals surface area contributed by atoms with Gasteiger partial charge in [-0.2, -0.15) is 0 Å². The highest BCUT2D eigenvalue weighted by Gasteiger charge is 2.37. The number of methoxy groups -OCH3 is 1. The Kier molecular flexibility index (Phi) is 3.04. The smallest absolute Gasteiger partial charge is 0.186 e. The van der Waals surface area contributed by atoms with E-state index in [2.05, 4.69) is 6.58 Å². The summed E-state index contributed by atoms with van der Waals surface area (Å²) in [5, 5.41) is 0. The molecule has 2 nitrogen and oxygen atoms in total. The van der Waals surface area contributed by atoms with E-state index in [9.17, 15) is 4.79 Å². The number of rotatable bonds is 3. The monoisotopic (exact) mass is 168 g/mol. The van der Waals surface area contributed by atoms with Gasteiger partial charge in [-0.3, -0.25) is 4.79 Å². The van der Waals surface area contributed by atoms with Crippen molar-refractivity contribution in [3.05, 3.63) is 12.7 Å². The molecule has 2 heteroatoms. The van der Waals surface area contributed by atoms with E-state index in [0.717, 1.165) is 25.7 Å². The van der Waals surface area contributed by atoms with E-state index in [1.54, 1.807) is 7.11 Å². The zero-order chi connectivity index (χ0) is 9.03. The third-order valence-electron chi connectivity index (χ3n) is 2.69. The van der Waals surface area contributed by atoms with E-state index in [-0.39, 0.29) is 5.78 Å². The number of hydrogen-bond acceptors (Lipinski definition) is 2. The molecular formula is C10H16O2. The first-order valence-electron chi connectivity index (χ1n) is 4.47. The highest BCUT2D eigenvalue weighted by atomic mass is 16.5. The molecule has 0 aromatic carbocycles. The van der Waals surface area contributed by atoms with E-state index in [1.165, 1.54) is 12.5 Å². The van der Waals surface area contributed by atoms with Crippen LogP contribution in [0, 0.1) is 0 Å². The highest BCUT2D eigenvalue weighted by molar-refractivity contribution is 5.96. The van der Waals surface area contributed by atoms with Crippen LogP contribution < -0.4 is 0 Å². The van der Waals surface area contributed by atoms with Crippen molar-refractivity contribution in [1.82, 2.24) is 0 Å². The fourth-order valence-corrected chi connectivity index (χ4v) is 1.86. The zero-order valence-corrected chi connectivity index (χ0v) is 7.64. The van der Waals surface area contributed by atoms with Crippen LogP contribution in [0.2, 0.25) is 0 Å². The molecular weight excluding hydrogens is 152 g/mol. The van der Waals surface area contributed by atoms with Crippen LogP contribution in [0.1, 0.15) is 32.1 Å². The van der Waals surface area contributed by atoms with Crippen molar-refractivity contribution in [1.29, 1.82) is 0 Å². The van der Waals surface area contributed by atoms with Crippen molar-refractivity contribution in [2.45, 2.75) is 37.7 Å². The molecule has 0 N–H and O–H groups in total. The standard InChI is InChI=1S/C10H16O2/c1-3-9(11)10(12-2)7-5-4-6-8-10/h3H,1,4-8H2,2H3. The molecule has 0 aromatic heterocycles. The molecule has 0 heterocycles. The minimum atomic E-state index is -0.528. The first-order chi connectivity index (χ1) is 5.75. The van der Waals surface area contributed by atoms with Gasteiger partial charge >= 0.3 is 0 Å². The number of carbonyl (C=O) groups excluding carboxylic acids is 1. The Labute approximate surface area is 73.6 Å². The van der Waals surface area contributed by atoms with Crippen molar-refractivity contribution in [2.75, 3.05) is 7.11 Å². The van der Waals surface area contributed by atoms with Crippen molar-refractivity contribution in [3.8, 4) is 0 Å².